The summed E-state index contributed by atoms with van der Waals surface area (Å²) >= 11 is 0. The first-order valence-corrected chi connectivity index (χ1v) is 8.55. The molecule has 2 amide bonds. The maximum atomic E-state index is 12.0. The highest BCUT2D eigenvalue weighted by Gasteiger charge is 2.26. The van der Waals surface area contributed by atoms with Crippen molar-refractivity contribution in [3.63, 3.8) is 0 Å². The minimum Gasteiger partial charge on any atom is -0.497 e. The Balaban J connectivity index is 1.77. The molecule has 1 atom stereocenters. The van der Waals surface area contributed by atoms with E-state index in [0.717, 1.165) is 11.3 Å². The summed E-state index contributed by atoms with van der Waals surface area (Å²) in [5.41, 5.74) is 0.922. The fraction of sp³-hybridized carbons (Fsp3) is 0.556. The standard InChI is InChI=1S/C18H26N2O5/c1-25-16-8-4-12(5-9-16)14(11-21)10-19-18(24)20-15-6-2-13(3-7-15)17(22)23/h4-5,8-9,13-15,21H,2-3,6-7,10-11H2,1H3,(H,22,23)(H2,19,20,24). The van der Waals surface area contributed by atoms with Gasteiger partial charge in [0.05, 0.1) is 19.6 Å². The van der Waals surface area contributed by atoms with Crippen LogP contribution >= 0.6 is 0 Å². The molecular weight excluding hydrogens is 324 g/mol. The number of aliphatic carboxylic acids is 1. The molecule has 2 rings (SSSR count). The van der Waals surface area contributed by atoms with Crippen molar-refractivity contribution < 1.29 is 24.5 Å². The highest BCUT2D eigenvalue weighted by atomic mass is 16.5. The number of nitrogens with one attached hydrogen (secondary N) is 2. The monoisotopic (exact) mass is 350 g/mol. The molecule has 1 saturated carbocycles. The summed E-state index contributed by atoms with van der Waals surface area (Å²) in [6, 6.07) is 7.09. The van der Waals surface area contributed by atoms with Crippen LogP contribution in [0.5, 0.6) is 5.75 Å². The number of benzene rings is 1. The minimum absolute atomic E-state index is 0.00385. The van der Waals surface area contributed by atoms with Gasteiger partial charge in [-0.2, -0.15) is 0 Å². The van der Waals surface area contributed by atoms with Crippen LogP contribution in [0.25, 0.3) is 0 Å². The van der Waals surface area contributed by atoms with Gasteiger partial charge in [0.25, 0.3) is 0 Å². The fourth-order valence-electron chi connectivity index (χ4n) is 3.10. The zero-order valence-electron chi connectivity index (χ0n) is 14.4. The summed E-state index contributed by atoms with van der Waals surface area (Å²) in [6.07, 6.45) is 2.52. The van der Waals surface area contributed by atoms with Crippen molar-refractivity contribution in [3.05, 3.63) is 29.8 Å². The van der Waals surface area contributed by atoms with Gasteiger partial charge in [-0.25, -0.2) is 4.79 Å². The molecular formula is C18H26N2O5. The molecule has 1 unspecified atom stereocenters. The number of hydrogen-bond donors (Lipinski definition) is 4. The molecule has 0 heterocycles. The molecule has 1 aromatic rings. The van der Waals surface area contributed by atoms with Gasteiger partial charge in [-0.3, -0.25) is 4.79 Å². The number of urea groups is 1. The lowest BCUT2D eigenvalue weighted by Gasteiger charge is -2.27. The van der Waals surface area contributed by atoms with Crippen molar-refractivity contribution in [2.45, 2.75) is 37.6 Å². The van der Waals surface area contributed by atoms with Crippen LogP contribution in [-0.2, 0) is 4.79 Å². The predicted molar refractivity (Wildman–Crippen MR) is 92.7 cm³/mol. The van der Waals surface area contributed by atoms with Gasteiger partial charge in [0.2, 0.25) is 0 Å². The molecule has 7 heteroatoms. The second-order valence-electron chi connectivity index (χ2n) is 6.39. The number of aliphatic hydroxyl groups is 1. The summed E-state index contributed by atoms with van der Waals surface area (Å²) < 4.78 is 5.11. The number of hydrogen-bond acceptors (Lipinski definition) is 4. The van der Waals surface area contributed by atoms with E-state index in [4.69, 9.17) is 9.84 Å². The van der Waals surface area contributed by atoms with Gasteiger partial charge in [-0.15, -0.1) is 0 Å². The number of methoxy groups -OCH3 is 1. The highest BCUT2D eigenvalue weighted by molar-refractivity contribution is 5.74. The van der Waals surface area contributed by atoms with E-state index < -0.39 is 5.97 Å². The number of amides is 2. The van der Waals surface area contributed by atoms with Gasteiger partial charge in [-0.05, 0) is 43.4 Å². The van der Waals surface area contributed by atoms with E-state index in [2.05, 4.69) is 10.6 Å². The first-order valence-electron chi connectivity index (χ1n) is 8.55. The molecule has 7 nitrogen and oxygen atoms in total. The topological polar surface area (TPSA) is 108 Å². The summed E-state index contributed by atoms with van der Waals surface area (Å²) in [7, 11) is 1.59. The lowest BCUT2D eigenvalue weighted by molar-refractivity contribution is -0.142. The van der Waals surface area contributed by atoms with Crippen LogP contribution in [-0.4, -0.2) is 48.5 Å². The Morgan fingerprint density at radius 2 is 1.84 bits per heavy atom. The molecule has 0 spiro atoms. The lowest BCUT2D eigenvalue weighted by atomic mass is 9.86. The van der Waals surface area contributed by atoms with Crippen molar-refractivity contribution in [1.82, 2.24) is 10.6 Å². The van der Waals surface area contributed by atoms with Crippen molar-refractivity contribution >= 4 is 12.0 Å². The van der Waals surface area contributed by atoms with Gasteiger partial charge < -0.3 is 25.6 Å². The van der Waals surface area contributed by atoms with Crippen LogP contribution in [0.15, 0.2) is 24.3 Å². The van der Waals surface area contributed by atoms with Crippen LogP contribution in [0, 0.1) is 5.92 Å². The largest absolute Gasteiger partial charge is 0.497 e. The number of rotatable bonds is 7. The van der Waals surface area contributed by atoms with Crippen LogP contribution < -0.4 is 15.4 Å². The number of carbonyl (C=O) groups excluding carboxylic acids is 1. The zero-order valence-corrected chi connectivity index (χ0v) is 14.4. The molecule has 0 aromatic heterocycles. The lowest BCUT2D eigenvalue weighted by Crippen LogP contribution is -2.45. The molecule has 0 aliphatic heterocycles. The molecule has 25 heavy (non-hydrogen) atoms. The van der Waals surface area contributed by atoms with Crippen molar-refractivity contribution in [3.8, 4) is 5.75 Å². The molecule has 138 valence electrons. The van der Waals surface area contributed by atoms with Crippen molar-refractivity contribution in [2.24, 2.45) is 5.92 Å². The average molecular weight is 350 g/mol. The highest BCUT2D eigenvalue weighted by Crippen LogP contribution is 2.24. The number of carboxylic acid groups (broad SMARTS) is 1. The van der Waals surface area contributed by atoms with E-state index in [9.17, 15) is 14.7 Å². The Morgan fingerprint density at radius 3 is 2.36 bits per heavy atom. The predicted octanol–water partition coefficient (Wildman–Crippen LogP) is 1.71. The van der Waals surface area contributed by atoms with Crippen LogP contribution in [0.2, 0.25) is 0 Å². The normalized spacial score (nSPS) is 21.2. The maximum Gasteiger partial charge on any atom is 0.315 e. The molecule has 1 aliphatic carbocycles. The summed E-state index contributed by atoms with van der Waals surface area (Å²) in [6.45, 7) is 0.245. The second-order valence-corrected chi connectivity index (χ2v) is 6.39. The molecule has 0 saturated heterocycles. The quantitative estimate of drug-likeness (QED) is 0.599. The van der Waals surface area contributed by atoms with E-state index in [1.807, 2.05) is 24.3 Å². The third-order valence-electron chi connectivity index (χ3n) is 4.73. The van der Waals surface area contributed by atoms with E-state index in [1.165, 1.54) is 0 Å². The molecule has 1 fully saturated rings. The molecule has 1 aromatic carbocycles. The molecule has 0 bridgehead atoms. The van der Waals surface area contributed by atoms with Crippen LogP contribution in [0.3, 0.4) is 0 Å². The number of aliphatic hydroxyl groups excluding tert-OH is 1. The zero-order chi connectivity index (χ0) is 18.2. The summed E-state index contributed by atoms with van der Waals surface area (Å²) in [5, 5.41) is 24.2. The number of ether oxygens (including phenoxy) is 1. The Kier molecular flexibility index (Phi) is 7.06. The Hall–Kier alpha value is -2.28. The van der Waals surface area contributed by atoms with Crippen LogP contribution in [0.4, 0.5) is 4.79 Å². The van der Waals surface area contributed by atoms with Gasteiger partial charge in [-0.1, -0.05) is 12.1 Å². The summed E-state index contributed by atoms with van der Waals surface area (Å²) in [4.78, 5) is 23.0. The smallest absolute Gasteiger partial charge is 0.315 e. The number of carboxylic acids is 1. The van der Waals surface area contributed by atoms with E-state index in [0.29, 0.717) is 32.2 Å². The van der Waals surface area contributed by atoms with Crippen molar-refractivity contribution in [2.75, 3.05) is 20.3 Å². The Labute approximate surface area is 147 Å². The first-order chi connectivity index (χ1) is 12.0. The molecule has 1 aliphatic rings. The van der Waals surface area contributed by atoms with Gasteiger partial charge in [0, 0.05) is 18.5 Å². The SMILES string of the molecule is COc1ccc(C(CO)CNC(=O)NC2CCC(C(=O)O)CC2)cc1. The maximum absolute atomic E-state index is 12.0. The van der Waals surface area contributed by atoms with Crippen molar-refractivity contribution in [1.29, 1.82) is 0 Å². The fourth-order valence-corrected chi connectivity index (χ4v) is 3.10. The third-order valence-corrected chi connectivity index (χ3v) is 4.73. The van der Waals surface area contributed by atoms with E-state index in [1.54, 1.807) is 7.11 Å². The molecule has 0 radical (unpaired) electrons. The number of carbonyl (C=O) groups is 2. The van der Waals surface area contributed by atoms with Crippen LogP contribution in [0.1, 0.15) is 37.2 Å². The third kappa shape index (κ3) is 5.63. The van der Waals surface area contributed by atoms with Gasteiger partial charge >= 0.3 is 12.0 Å². The van der Waals surface area contributed by atoms with E-state index in [-0.39, 0.29) is 30.5 Å². The van der Waals surface area contributed by atoms with Gasteiger partial charge in [0.1, 0.15) is 5.75 Å². The molecule has 4 N–H and O–H groups in total. The van der Waals surface area contributed by atoms with E-state index >= 15 is 0 Å². The second kappa shape index (κ2) is 9.27. The minimum atomic E-state index is -0.756. The Bertz CT molecular complexity index is 567. The van der Waals surface area contributed by atoms with Gasteiger partial charge in [0.15, 0.2) is 0 Å². The Morgan fingerprint density at radius 1 is 1.20 bits per heavy atom. The average Bonchev–Trinajstić information content (AvgIpc) is 2.63. The summed E-state index contributed by atoms with van der Waals surface area (Å²) in [5.74, 6) is -0.509. The first kappa shape index (κ1) is 19.1.